The lowest BCUT2D eigenvalue weighted by Gasteiger charge is -2.41. The number of fused-ring (bicyclic) bond motifs is 1. The third-order valence-corrected chi connectivity index (χ3v) is 6.87. The van der Waals surface area contributed by atoms with Gasteiger partial charge < -0.3 is 10.6 Å². The highest BCUT2D eigenvalue weighted by molar-refractivity contribution is 7.13. The summed E-state index contributed by atoms with van der Waals surface area (Å²) in [6, 6.07) is 14.2. The Kier molecular flexibility index (Phi) is 4.74. The summed E-state index contributed by atoms with van der Waals surface area (Å²) in [5.74, 6) is -0.0537. The van der Waals surface area contributed by atoms with Gasteiger partial charge in [0.25, 0.3) is 5.91 Å². The minimum atomic E-state index is -0.236. The SMILES string of the molecule is Cc1cc(C)n2nc(C(=O)N3CCC(c4ccccc4)(c4csc(N)n4)CC3)cc2n1. The van der Waals surface area contributed by atoms with E-state index < -0.39 is 0 Å². The zero-order chi connectivity index (χ0) is 21.6. The van der Waals surface area contributed by atoms with Crippen LogP contribution in [0.2, 0.25) is 0 Å². The van der Waals surface area contributed by atoms with E-state index in [0.29, 0.717) is 29.6 Å². The van der Waals surface area contributed by atoms with Gasteiger partial charge in [0, 0.05) is 41.3 Å². The number of aryl methyl sites for hydroxylation is 2. The van der Waals surface area contributed by atoms with Crippen LogP contribution >= 0.6 is 11.3 Å². The lowest BCUT2D eigenvalue weighted by atomic mass is 9.70. The predicted molar refractivity (Wildman–Crippen MR) is 121 cm³/mol. The van der Waals surface area contributed by atoms with Crippen molar-refractivity contribution in [3.05, 3.63) is 76.2 Å². The van der Waals surface area contributed by atoms with E-state index in [0.717, 1.165) is 29.9 Å². The highest BCUT2D eigenvalue weighted by Crippen LogP contribution is 2.42. The summed E-state index contributed by atoms with van der Waals surface area (Å²) in [6.07, 6.45) is 1.57. The number of amides is 1. The molecule has 4 aromatic rings. The summed E-state index contributed by atoms with van der Waals surface area (Å²) in [4.78, 5) is 24.3. The van der Waals surface area contributed by atoms with E-state index >= 15 is 0 Å². The first-order chi connectivity index (χ1) is 15.0. The predicted octanol–water partition coefficient (Wildman–Crippen LogP) is 3.61. The summed E-state index contributed by atoms with van der Waals surface area (Å²) in [6.45, 7) is 5.17. The Morgan fingerprint density at radius 2 is 1.84 bits per heavy atom. The quantitative estimate of drug-likeness (QED) is 0.534. The average Bonchev–Trinajstić information content (AvgIpc) is 3.41. The van der Waals surface area contributed by atoms with E-state index in [1.807, 2.05) is 30.9 Å². The molecule has 1 aromatic carbocycles. The Bertz CT molecular complexity index is 1250. The van der Waals surface area contributed by atoms with Gasteiger partial charge in [-0.25, -0.2) is 14.5 Å². The number of thiazole rings is 1. The molecule has 1 amide bonds. The summed E-state index contributed by atoms with van der Waals surface area (Å²) in [5.41, 5.74) is 11.0. The number of hydrogen-bond donors (Lipinski definition) is 1. The number of anilines is 1. The van der Waals surface area contributed by atoms with Crippen LogP contribution < -0.4 is 5.73 Å². The monoisotopic (exact) mass is 432 g/mol. The normalized spacial score (nSPS) is 16.0. The van der Waals surface area contributed by atoms with E-state index in [-0.39, 0.29) is 11.3 Å². The first-order valence-corrected chi connectivity index (χ1v) is 11.2. The third-order valence-electron chi connectivity index (χ3n) is 6.20. The summed E-state index contributed by atoms with van der Waals surface area (Å²) < 4.78 is 1.73. The molecule has 2 N–H and O–H groups in total. The zero-order valence-electron chi connectivity index (χ0n) is 17.6. The van der Waals surface area contributed by atoms with Gasteiger partial charge >= 0.3 is 0 Å². The van der Waals surface area contributed by atoms with Crippen LogP contribution in [0.15, 0.2) is 47.8 Å². The van der Waals surface area contributed by atoms with Crippen molar-refractivity contribution in [2.24, 2.45) is 0 Å². The molecule has 158 valence electrons. The highest BCUT2D eigenvalue weighted by atomic mass is 32.1. The number of piperidine rings is 1. The van der Waals surface area contributed by atoms with Crippen molar-refractivity contribution in [2.45, 2.75) is 32.1 Å². The fraction of sp³-hybridized carbons (Fsp3) is 0.304. The van der Waals surface area contributed by atoms with E-state index in [1.165, 1.54) is 16.9 Å². The molecule has 1 aliphatic rings. The molecule has 31 heavy (non-hydrogen) atoms. The summed E-state index contributed by atoms with van der Waals surface area (Å²) in [5, 5.41) is 7.15. The van der Waals surface area contributed by atoms with Crippen molar-refractivity contribution >= 4 is 28.0 Å². The highest BCUT2D eigenvalue weighted by Gasteiger charge is 2.41. The minimum Gasteiger partial charge on any atom is -0.375 e. The number of nitrogen functional groups attached to an aromatic ring is 1. The van der Waals surface area contributed by atoms with Crippen LogP contribution in [0.1, 0.15) is 46.0 Å². The van der Waals surface area contributed by atoms with E-state index in [9.17, 15) is 4.79 Å². The van der Waals surface area contributed by atoms with Gasteiger partial charge in [-0.3, -0.25) is 4.79 Å². The number of hydrogen-bond acceptors (Lipinski definition) is 6. The average molecular weight is 433 g/mol. The van der Waals surface area contributed by atoms with Crippen LogP contribution in [0, 0.1) is 13.8 Å². The van der Waals surface area contributed by atoms with Crippen LogP contribution in [0.25, 0.3) is 5.65 Å². The molecule has 7 nitrogen and oxygen atoms in total. The number of carbonyl (C=O) groups excluding carboxylic acids is 1. The third kappa shape index (κ3) is 3.37. The van der Waals surface area contributed by atoms with Crippen molar-refractivity contribution in [3.63, 3.8) is 0 Å². The number of carbonyl (C=O) groups is 1. The van der Waals surface area contributed by atoms with E-state index in [4.69, 9.17) is 5.73 Å². The second-order valence-electron chi connectivity index (χ2n) is 8.15. The standard InChI is InChI=1S/C23H24N6OS/c1-15-12-16(2)29-20(25-15)13-18(27-29)21(30)28-10-8-23(9-11-28,17-6-4-3-5-7-17)19-14-31-22(24)26-19/h3-7,12-14H,8-11H2,1-2H3,(H2,24,26). The van der Waals surface area contributed by atoms with Crippen molar-refractivity contribution in [1.82, 2.24) is 24.5 Å². The molecule has 0 atom stereocenters. The molecule has 3 aromatic heterocycles. The smallest absolute Gasteiger partial charge is 0.274 e. The zero-order valence-corrected chi connectivity index (χ0v) is 18.4. The van der Waals surface area contributed by atoms with Crippen LogP contribution in [-0.2, 0) is 5.41 Å². The summed E-state index contributed by atoms with van der Waals surface area (Å²) in [7, 11) is 0. The molecule has 0 spiro atoms. The number of benzene rings is 1. The fourth-order valence-electron chi connectivity index (χ4n) is 4.60. The molecule has 1 aliphatic heterocycles. The topological polar surface area (TPSA) is 89.4 Å². The number of aromatic nitrogens is 4. The Hall–Kier alpha value is -3.26. The van der Waals surface area contributed by atoms with Crippen molar-refractivity contribution in [3.8, 4) is 0 Å². The maximum Gasteiger partial charge on any atom is 0.274 e. The van der Waals surface area contributed by atoms with Gasteiger partial charge in [0.2, 0.25) is 0 Å². The first-order valence-electron chi connectivity index (χ1n) is 10.4. The lowest BCUT2D eigenvalue weighted by Crippen LogP contribution is -2.46. The molecule has 0 aliphatic carbocycles. The molecule has 0 saturated carbocycles. The van der Waals surface area contributed by atoms with E-state index in [2.05, 4.69) is 44.7 Å². The number of likely N-dealkylation sites (tertiary alicyclic amines) is 1. The number of nitrogens with zero attached hydrogens (tertiary/aromatic N) is 5. The molecule has 4 heterocycles. The largest absolute Gasteiger partial charge is 0.375 e. The van der Waals surface area contributed by atoms with E-state index in [1.54, 1.807) is 10.6 Å². The Balaban J connectivity index is 1.43. The lowest BCUT2D eigenvalue weighted by molar-refractivity contribution is 0.0678. The van der Waals surface area contributed by atoms with Crippen LogP contribution in [0.5, 0.6) is 0 Å². The maximum absolute atomic E-state index is 13.2. The van der Waals surface area contributed by atoms with Gasteiger partial charge in [0.05, 0.1) is 5.69 Å². The van der Waals surface area contributed by atoms with Gasteiger partial charge in [0.1, 0.15) is 0 Å². The van der Waals surface area contributed by atoms with Crippen molar-refractivity contribution in [1.29, 1.82) is 0 Å². The molecule has 0 bridgehead atoms. The molecule has 8 heteroatoms. The molecule has 1 saturated heterocycles. The van der Waals surface area contributed by atoms with Crippen LogP contribution in [0.3, 0.4) is 0 Å². The van der Waals surface area contributed by atoms with Gasteiger partial charge in [-0.2, -0.15) is 5.10 Å². The molecule has 0 radical (unpaired) electrons. The Morgan fingerprint density at radius 3 is 2.52 bits per heavy atom. The van der Waals surface area contributed by atoms with Gasteiger partial charge in [0.15, 0.2) is 16.5 Å². The first kappa shape index (κ1) is 19.7. The van der Waals surface area contributed by atoms with Crippen LogP contribution in [0.4, 0.5) is 5.13 Å². The molecular weight excluding hydrogens is 408 g/mol. The second kappa shape index (κ2) is 7.46. The molecular formula is C23H24N6OS. The molecule has 5 rings (SSSR count). The van der Waals surface area contributed by atoms with Crippen molar-refractivity contribution in [2.75, 3.05) is 18.8 Å². The molecule has 1 fully saturated rings. The van der Waals surface area contributed by atoms with Gasteiger partial charge in [-0.15, -0.1) is 11.3 Å². The second-order valence-corrected chi connectivity index (χ2v) is 9.04. The number of nitrogens with two attached hydrogens (primary N) is 1. The maximum atomic E-state index is 13.2. The minimum absolute atomic E-state index is 0.0537. The number of rotatable bonds is 3. The fourth-order valence-corrected chi connectivity index (χ4v) is 5.26. The van der Waals surface area contributed by atoms with Gasteiger partial charge in [-0.1, -0.05) is 30.3 Å². The van der Waals surface area contributed by atoms with Crippen molar-refractivity contribution < 1.29 is 4.79 Å². The Labute approximate surface area is 184 Å². The Morgan fingerprint density at radius 1 is 1.10 bits per heavy atom. The summed E-state index contributed by atoms with van der Waals surface area (Å²) >= 11 is 1.47. The van der Waals surface area contributed by atoms with Gasteiger partial charge in [-0.05, 0) is 38.3 Å². The molecule has 0 unspecified atom stereocenters. The van der Waals surface area contributed by atoms with Crippen LogP contribution in [-0.4, -0.2) is 43.5 Å².